The Hall–Kier alpha value is -4.06. The molecule has 1 saturated heterocycles. The van der Waals surface area contributed by atoms with Crippen LogP contribution in [0.2, 0.25) is 0 Å². The van der Waals surface area contributed by atoms with Crippen LogP contribution in [-0.4, -0.2) is 34.9 Å². The number of nitrogens with zero attached hydrogens (tertiary/aromatic N) is 1. The summed E-state index contributed by atoms with van der Waals surface area (Å²) in [6, 6.07) is 19.6. The van der Waals surface area contributed by atoms with Crippen molar-refractivity contribution in [1.29, 1.82) is 0 Å². The highest BCUT2D eigenvalue weighted by atomic mass is 16.5. The fourth-order valence-electron chi connectivity index (χ4n) is 4.52. The first-order chi connectivity index (χ1) is 17.2. The van der Waals surface area contributed by atoms with Crippen molar-refractivity contribution in [1.82, 2.24) is 4.90 Å². The minimum Gasteiger partial charge on any atom is -0.507 e. The number of Topliss-reactive ketones (excluding diaryl/α,β-unsaturated/α-hetero) is 1. The third kappa shape index (κ3) is 4.98. The molecule has 186 valence electrons. The highest BCUT2D eigenvalue weighted by Gasteiger charge is 2.46. The lowest BCUT2D eigenvalue weighted by atomic mass is 9.93. The summed E-state index contributed by atoms with van der Waals surface area (Å²) in [4.78, 5) is 28.3. The molecule has 6 nitrogen and oxygen atoms in total. The van der Waals surface area contributed by atoms with Crippen LogP contribution in [0.15, 0.2) is 72.3 Å². The largest absolute Gasteiger partial charge is 0.507 e. The smallest absolute Gasteiger partial charge is 0.295 e. The van der Waals surface area contributed by atoms with Crippen molar-refractivity contribution in [3.63, 3.8) is 0 Å². The maximum Gasteiger partial charge on any atom is 0.295 e. The molecule has 3 aromatic carbocycles. The van der Waals surface area contributed by atoms with E-state index in [1.807, 2.05) is 94.4 Å². The molecule has 1 aliphatic heterocycles. The van der Waals surface area contributed by atoms with Gasteiger partial charge in [0.15, 0.2) is 0 Å². The van der Waals surface area contributed by atoms with Crippen LogP contribution >= 0.6 is 0 Å². The molecule has 1 atom stereocenters. The van der Waals surface area contributed by atoms with Gasteiger partial charge >= 0.3 is 0 Å². The van der Waals surface area contributed by atoms with Crippen LogP contribution in [0.3, 0.4) is 0 Å². The van der Waals surface area contributed by atoms with Crippen LogP contribution in [-0.2, 0) is 16.1 Å². The Labute approximate surface area is 211 Å². The fraction of sp³-hybridized carbons (Fsp3) is 0.267. The molecule has 1 N–H and O–H groups in total. The number of benzene rings is 3. The normalized spacial score (nSPS) is 17.1. The molecule has 0 aliphatic carbocycles. The van der Waals surface area contributed by atoms with Gasteiger partial charge < -0.3 is 19.5 Å². The minimum atomic E-state index is -0.785. The van der Waals surface area contributed by atoms with Crippen LogP contribution in [0.1, 0.15) is 47.7 Å². The number of amides is 1. The van der Waals surface area contributed by atoms with Crippen LogP contribution < -0.4 is 9.47 Å². The number of aryl methyl sites for hydroxylation is 2. The lowest BCUT2D eigenvalue weighted by Gasteiger charge is -2.26. The highest BCUT2D eigenvalue weighted by Crippen LogP contribution is 2.41. The van der Waals surface area contributed by atoms with Gasteiger partial charge in [-0.1, -0.05) is 42.0 Å². The predicted octanol–water partition coefficient (Wildman–Crippen LogP) is 5.72. The monoisotopic (exact) mass is 485 g/mol. The molecule has 1 unspecified atom stereocenters. The van der Waals surface area contributed by atoms with E-state index < -0.39 is 17.7 Å². The van der Waals surface area contributed by atoms with Crippen LogP contribution in [0.5, 0.6) is 11.5 Å². The number of likely N-dealkylation sites (tertiary alicyclic amines) is 1. The average Bonchev–Trinajstić information content (AvgIpc) is 3.10. The number of carbonyl (C=O) groups excluding carboxylic acids is 2. The molecule has 36 heavy (non-hydrogen) atoms. The molecular weight excluding hydrogens is 454 g/mol. The minimum absolute atomic E-state index is 0.0432. The maximum atomic E-state index is 13.4. The van der Waals surface area contributed by atoms with E-state index in [1.54, 1.807) is 7.11 Å². The van der Waals surface area contributed by atoms with Crippen molar-refractivity contribution in [3.05, 3.63) is 100 Å². The molecule has 4 rings (SSSR count). The van der Waals surface area contributed by atoms with Gasteiger partial charge in [-0.05, 0) is 74.7 Å². The van der Waals surface area contributed by atoms with Gasteiger partial charge in [-0.15, -0.1) is 0 Å². The van der Waals surface area contributed by atoms with Gasteiger partial charge in [0.05, 0.1) is 24.8 Å². The molecule has 1 fully saturated rings. The van der Waals surface area contributed by atoms with E-state index in [9.17, 15) is 14.7 Å². The van der Waals surface area contributed by atoms with E-state index in [0.29, 0.717) is 22.6 Å². The van der Waals surface area contributed by atoms with Crippen molar-refractivity contribution in [2.45, 2.75) is 46.4 Å². The Morgan fingerprint density at radius 3 is 2.42 bits per heavy atom. The first kappa shape index (κ1) is 25.0. The molecule has 0 spiro atoms. The molecule has 1 heterocycles. The summed E-state index contributed by atoms with van der Waals surface area (Å²) >= 11 is 0. The molecule has 0 aromatic heterocycles. The summed E-state index contributed by atoms with van der Waals surface area (Å²) in [6.45, 7) is 7.82. The topological polar surface area (TPSA) is 76.1 Å². The number of hydrogen-bond acceptors (Lipinski definition) is 5. The number of methoxy groups -OCH3 is 1. The number of hydrogen-bond donors (Lipinski definition) is 1. The summed E-state index contributed by atoms with van der Waals surface area (Å²) in [6.07, 6.45) is -0.0432. The van der Waals surface area contributed by atoms with E-state index in [4.69, 9.17) is 9.47 Å². The molecule has 0 bridgehead atoms. The lowest BCUT2D eigenvalue weighted by Crippen LogP contribution is -2.29. The SMILES string of the molecule is COc1cccc(CN2C(=O)C(=O)/C(=C(/O)c3cc(C)ccc3C)C2c2cccc(OC(C)C)c2)c1. The van der Waals surface area contributed by atoms with Crippen molar-refractivity contribution in [3.8, 4) is 11.5 Å². The van der Waals surface area contributed by atoms with Gasteiger partial charge in [0.1, 0.15) is 17.3 Å². The Bertz CT molecular complexity index is 1340. The summed E-state index contributed by atoms with van der Waals surface area (Å²) in [5, 5.41) is 11.5. The van der Waals surface area contributed by atoms with Crippen LogP contribution in [0, 0.1) is 13.8 Å². The number of rotatable bonds is 7. The second-order valence-corrected chi connectivity index (χ2v) is 9.34. The Morgan fingerprint density at radius 1 is 0.972 bits per heavy atom. The molecule has 0 radical (unpaired) electrons. The van der Waals surface area contributed by atoms with E-state index in [2.05, 4.69) is 0 Å². The second-order valence-electron chi connectivity index (χ2n) is 9.34. The van der Waals surface area contributed by atoms with E-state index >= 15 is 0 Å². The van der Waals surface area contributed by atoms with Crippen LogP contribution in [0.4, 0.5) is 0 Å². The summed E-state index contributed by atoms with van der Waals surface area (Å²) in [5.74, 6) is -0.270. The van der Waals surface area contributed by atoms with Gasteiger partial charge in [0, 0.05) is 12.1 Å². The predicted molar refractivity (Wildman–Crippen MR) is 139 cm³/mol. The number of ether oxygens (including phenoxy) is 2. The molecule has 6 heteroatoms. The zero-order valence-corrected chi connectivity index (χ0v) is 21.2. The third-order valence-electron chi connectivity index (χ3n) is 6.22. The summed E-state index contributed by atoms with van der Waals surface area (Å²) in [5.41, 5.74) is 3.85. The molecule has 1 amide bonds. The number of aliphatic hydroxyl groups is 1. The van der Waals surface area contributed by atoms with Crippen LogP contribution in [0.25, 0.3) is 5.76 Å². The zero-order chi connectivity index (χ0) is 26.0. The Morgan fingerprint density at radius 2 is 1.69 bits per heavy atom. The molecule has 0 saturated carbocycles. The molecular formula is C30H31NO5. The van der Waals surface area contributed by atoms with Crippen molar-refractivity contribution >= 4 is 17.4 Å². The Balaban J connectivity index is 1.89. The standard InChI is InChI=1S/C30H31NO5/c1-18(2)36-24-11-7-9-22(16-24)27-26(28(32)25-14-19(3)12-13-20(25)4)29(33)30(34)31(27)17-21-8-6-10-23(15-21)35-5/h6-16,18,27,32H,17H2,1-5H3/b28-26+. The van der Waals surface area contributed by atoms with Gasteiger partial charge in [0.2, 0.25) is 0 Å². The van der Waals surface area contributed by atoms with Crippen molar-refractivity contribution in [2.75, 3.05) is 7.11 Å². The second kappa shape index (κ2) is 10.3. The average molecular weight is 486 g/mol. The summed E-state index contributed by atoms with van der Waals surface area (Å²) < 4.78 is 11.2. The summed E-state index contributed by atoms with van der Waals surface area (Å²) in [7, 11) is 1.58. The highest BCUT2D eigenvalue weighted by molar-refractivity contribution is 6.46. The van der Waals surface area contributed by atoms with Gasteiger partial charge in [0.25, 0.3) is 11.7 Å². The third-order valence-corrected chi connectivity index (χ3v) is 6.22. The fourth-order valence-corrected chi connectivity index (χ4v) is 4.52. The number of carbonyl (C=O) groups is 2. The quantitative estimate of drug-likeness (QED) is 0.263. The maximum absolute atomic E-state index is 13.4. The van der Waals surface area contributed by atoms with Gasteiger partial charge in [-0.25, -0.2) is 0 Å². The van der Waals surface area contributed by atoms with Crippen molar-refractivity contribution in [2.24, 2.45) is 0 Å². The van der Waals surface area contributed by atoms with E-state index in [0.717, 1.165) is 16.7 Å². The van der Waals surface area contributed by atoms with Gasteiger partial charge in [-0.3, -0.25) is 9.59 Å². The first-order valence-corrected chi connectivity index (χ1v) is 11.9. The van der Waals surface area contributed by atoms with Gasteiger partial charge in [-0.2, -0.15) is 0 Å². The molecule has 1 aliphatic rings. The number of aliphatic hydroxyl groups excluding tert-OH is 1. The number of ketones is 1. The molecule has 3 aromatic rings. The zero-order valence-electron chi connectivity index (χ0n) is 21.2. The van der Waals surface area contributed by atoms with E-state index in [-0.39, 0.29) is 24.0 Å². The first-order valence-electron chi connectivity index (χ1n) is 11.9. The van der Waals surface area contributed by atoms with E-state index in [1.165, 1.54) is 4.90 Å². The van der Waals surface area contributed by atoms with Crippen molar-refractivity contribution < 1.29 is 24.2 Å². The lowest BCUT2D eigenvalue weighted by molar-refractivity contribution is -0.140. The Kier molecular flexibility index (Phi) is 7.15.